The smallest absolute Gasteiger partial charge is 0.123 e. The molecule has 1 unspecified atom stereocenters. The zero-order valence-electron chi connectivity index (χ0n) is 8.07. The van der Waals surface area contributed by atoms with Gasteiger partial charge < -0.3 is 10.2 Å². The van der Waals surface area contributed by atoms with Crippen LogP contribution in [0.1, 0.15) is 22.9 Å². The molecule has 2 heterocycles. The van der Waals surface area contributed by atoms with Gasteiger partial charge >= 0.3 is 0 Å². The number of aryl methyl sites for hydroxylation is 1. The summed E-state index contributed by atoms with van der Waals surface area (Å²) in [5.74, 6) is 0.899. The van der Waals surface area contributed by atoms with Crippen molar-refractivity contribution < 1.29 is 4.42 Å². The van der Waals surface area contributed by atoms with Crippen LogP contribution in [0.25, 0.3) is 0 Å². The Bertz CT molecular complexity index is 391. The molecule has 0 spiro atoms. The molecule has 0 fully saturated rings. The highest BCUT2D eigenvalue weighted by Gasteiger charge is 2.12. The van der Waals surface area contributed by atoms with E-state index < -0.39 is 0 Å². The van der Waals surface area contributed by atoms with Gasteiger partial charge in [0.2, 0.25) is 0 Å². The van der Waals surface area contributed by atoms with E-state index in [1.54, 1.807) is 17.6 Å². The van der Waals surface area contributed by atoms with Crippen molar-refractivity contribution in [1.82, 2.24) is 0 Å². The lowest BCUT2D eigenvalue weighted by Crippen LogP contribution is -2.13. The van der Waals surface area contributed by atoms with Gasteiger partial charge in [-0.25, -0.2) is 0 Å². The van der Waals surface area contributed by atoms with E-state index in [4.69, 9.17) is 10.2 Å². The molecule has 74 valence electrons. The number of hydrogen-bond donors (Lipinski definition) is 1. The van der Waals surface area contributed by atoms with E-state index in [9.17, 15) is 0 Å². The van der Waals surface area contributed by atoms with Crippen LogP contribution in [0.5, 0.6) is 0 Å². The van der Waals surface area contributed by atoms with Gasteiger partial charge in [0.25, 0.3) is 0 Å². The maximum absolute atomic E-state index is 6.04. The second-order valence-electron chi connectivity index (χ2n) is 3.41. The Kier molecular flexibility index (Phi) is 2.70. The molecule has 0 saturated heterocycles. The van der Waals surface area contributed by atoms with Gasteiger partial charge in [0, 0.05) is 0 Å². The van der Waals surface area contributed by atoms with E-state index in [1.165, 1.54) is 5.56 Å². The molecule has 0 saturated carbocycles. The zero-order chi connectivity index (χ0) is 9.97. The molecule has 3 heteroatoms. The fourth-order valence-electron chi connectivity index (χ4n) is 1.52. The summed E-state index contributed by atoms with van der Waals surface area (Å²) >= 11 is 1.70. The lowest BCUT2D eigenvalue weighted by molar-refractivity contribution is 0.462. The average molecular weight is 207 g/mol. The third-order valence-corrected chi connectivity index (χ3v) is 3.01. The second-order valence-corrected chi connectivity index (χ2v) is 4.19. The van der Waals surface area contributed by atoms with E-state index in [2.05, 4.69) is 16.8 Å². The molecule has 2 rings (SSSR count). The maximum atomic E-state index is 6.04. The van der Waals surface area contributed by atoms with Crippen molar-refractivity contribution in [3.05, 3.63) is 46.0 Å². The van der Waals surface area contributed by atoms with Crippen molar-refractivity contribution in [3.8, 4) is 0 Å². The normalized spacial score (nSPS) is 13.0. The van der Waals surface area contributed by atoms with Gasteiger partial charge in [0.15, 0.2) is 0 Å². The van der Waals surface area contributed by atoms with Crippen LogP contribution in [-0.2, 0) is 6.42 Å². The molecule has 2 aromatic heterocycles. The molecule has 0 aliphatic rings. The molecule has 2 nitrogen and oxygen atoms in total. The van der Waals surface area contributed by atoms with Gasteiger partial charge in [-0.2, -0.15) is 11.3 Å². The number of thiophene rings is 1. The van der Waals surface area contributed by atoms with Gasteiger partial charge in [0.05, 0.1) is 12.3 Å². The van der Waals surface area contributed by atoms with Crippen molar-refractivity contribution in [2.24, 2.45) is 5.73 Å². The number of nitrogens with two attached hydrogens (primary N) is 1. The van der Waals surface area contributed by atoms with Gasteiger partial charge in [0.1, 0.15) is 5.76 Å². The summed E-state index contributed by atoms with van der Waals surface area (Å²) in [6, 6.07) is 4.02. The summed E-state index contributed by atoms with van der Waals surface area (Å²) in [4.78, 5) is 0. The van der Waals surface area contributed by atoms with Crippen LogP contribution in [0.2, 0.25) is 0 Å². The Morgan fingerprint density at radius 1 is 1.50 bits per heavy atom. The fraction of sp³-hybridized carbons (Fsp3) is 0.273. The van der Waals surface area contributed by atoms with Crippen LogP contribution in [0.15, 0.2) is 33.6 Å². The molecule has 2 aromatic rings. The van der Waals surface area contributed by atoms with Gasteiger partial charge in [-0.3, -0.25) is 0 Å². The Labute approximate surface area is 87.4 Å². The highest BCUT2D eigenvalue weighted by molar-refractivity contribution is 7.07. The third kappa shape index (κ3) is 1.89. The Balaban J connectivity index is 2.10. The summed E-state index contributed by atoms with van der Waals surface area (Å²) in [6.07, 6.45) is 2.54. The SMILES string of the molecule is Cc1ccoc1C(N)Cc1ccsc1. The topological polar surface area (TPSA) is 39.2 Å². The van der Waals surface area contributed by atoms with Crippen molar-refractivity contribution in [2.75, 3.05) is 0 Å². The van der Waals surface area contributed by atoms with Crippen LogP contribution in [-0.4, -0.2) is 0 Å². The predicted octanol–water partition coefficient (Wildman–Crippen LogP) is 2.89. The first-order valence-electron chi connectivity index (χ1n) is 4.58. The summed E-state index contributed by atoms with van der Waals surface area (Å²) in [5, 5.41) is 4.19. The molecule has 0 aromatic carbocycles. The van der Waals surface area contributed by atoms with Crippen LogP contribution in [0.4, 0.5) is 0 Å². The summed E-state index contributed by atoms with van der Waals surface area (Å²) < 4.78 is 5.35. The average Bonchev–Trinajstić information content (AvgIpc) is 2.75. The maximum Gasteiger partial charge on any atom is 0.123 e. The highest BCUT2D eigenvalue weighted by Crippen LogP contribution is 2.21. The minimum Gasteiger partial charge on any atom is -0.467 e. The third-order valence-electron chi connectivity index (χ3n) is 2.27. The van der Waals surface area contributed by atoms with E-state index >= 15 is 0 Å². The first-order valence-corrected chi connectivity index (χ1v) is 5.52. The van der Waals surface area contributed by atoms with Crippen LogP contribution in [0, 0.1) is 6.92 Å². The van der Waals surface area contributed by atoms with Gasteiger partial charge in [-0.05, 0) is 47.4 Å². The first kappa shape index (κ1) is 9.49. The van der Waals surface area contributed by atoms with Crippen LogP contribution >= 0.6 is 11.3 Å². The minimum atomic E-state index is -0.0281. The largest absolute Gasteiger partial charge is 0.467 e. The molecular weight excluding hydrogens is 194 g/mol. The number of hydrogen-bond acceptors (Lipinski definition) is 3. The first-order chi connectivity index (χ1) is 6.77. The highest BCUT2D eigenvalue weighted by atomic mass is 32.1. The summed E-state index contributed by atoms with van der Waals surface area (Å²) in [6.45, 7) is 2.02. The Morgan fingerprint density at radius 3 is 2.93 bits per heavy atom. The molecular formula is C11H13NOS. The Hall–Kier alpha value is -1.06. The molecule has 0 bridgehead atoms. The molecule has 2 N–H and O–H groups in total. The summed E-state index contributed by atoms with van der Waals surface area (Å²) in [5.41, 5.74) is 8.45. The lowest BCUT2D eigenvalue weighted by atomic mass is 10.1. The predicted molar refractivity (Wildman–Crippen MR) is 58.4 cm³/mol. The van der Waals surface area contributed by atoms with Crippen molar-refractivity contribution in [3.63, 3.8) is 0 Å². The monoisotopic (exact) mass is 207 g/mol. The van der Waals surface area contributed by atoms with Crippen LogP contribution < -0.4 is 5.73 Å². The molecule has 1 atom stereocenters. The Morgan fingerprint density at radius 2 is 2.36 bits per heavy atom. The van der Waals surface area contributed by atoms with E-state index in [0.717, 1.165) is 17.7 Å². The molecule has 0 aliphatic heterocycles. The number of furan rings is 1. The van der Waals surface area contributed by atoms with E-state index in [-0.39, 0.29) is 6.04 Å². The quantitative estimate of drug-likeness (QED) is 0.840. The van der Waals surface area contributed by atoms with E-state index in [0.29, 0.717) is 0 Å². The lowest BCUT2D eigenvalue weighted by Gasteiger charge is -2.08. The van der Waals surface area contributed by atoms with Crippen molar-refractivity contribution in [1.29, 1.82) is 0 Å². The van der Waals surface area contributed by atoms with E-state index in [1.807, 2.05) is 13.0 Å². The zero-order valence-corrected chi connectivity index (χ0v) is 8.88. The van der Waals surface area contributed by atoms with Gasteiger partial charge in [-0.15, -0.1) is 0 Å². The standard InChI is InChI=1S/C11H13NOS/c1-8-2-4-13-11(8)10(12)6-9-3-5-14-7-9/h2-5,7,10H,6,12H2,1H3. The van der Waals surface area contributed by atoms with Crippen molar-refractivity contribution in [2.45, 2.75) is 19.4 Å². The van der Waals surface area contributed by atoms with Crippen molar-refractivity contribution >= 4 is 11.3 Å². The van der Waals surface area contributed by atoms with Crippen LogP contribution in [0.3, 0.4) is 0 Å². The minimum absolute atomic E-state index is 0.0281. The fourth-order valence-corrected chi connectivity index (χ4v) is 2.20. The molecule has 0 radical (unpaired) electrons. The number of rotatable bonds is 3. The molecule has 0 amide bonds. The molecule has 14 heavy (non-hydrogen) atoms. The van der Waals surface area contributed by atoms with Gasteiger partial charge in [-0.1, -0.05) is 0 Å². The summed E-state index contributed by atoms with van der Waals surface area (Å²) in [7, 11) is 0. The second kappa shape index (κ2) is 3.98. The molecule has 0 aliphatic carbocycles.